The summed E-state index contributed by atoms with van der Waals surface area (Å²) in [5.74, 6) is 0.553. The molecule has 0 aliphatic heterocycles. The van der Waals surface area contributed by atoms with Crippen LogP contribution in [0.25, 0.3) is 0 Å². The Bertz CT molecular complexity index is 437. The van der Waals surface area contributed by atoms with E-state index in [1.165, 1.54) is 6.08 Å². The minimum Gasteiger partial charge on any atom is -0.497 e. The first-order valence-corrected chi connectivity index (χ1v) is 6.27. The zero-order chi connectivity index (χ0) is 14.1. The third-order valence-electron chi connectivity index (χ3n) is 2.39. The second-order valence-corrected chi connectivity index (χ2v) is 4.42. The van der Waals surface area contributed by atoms with Gasteiger partial charge in [0.2, 0.25) is 0 Å². The Hall–Kier alpha value is -1.81. The van der Waals surface area contributed by atoms with Crippen LogP contribution in [-0.4, -0.2) is 26.2 Å². The van der Waals surface area contributed by atoms with Crippen LogP contribution < -0.4 is 10.1 Å². The highest BCUT2D eigenvalue weighted by Gasteiger charge is 1.98. The van der Waals surface area contributed by atoms with E-state index in [0.717, 1.165) is 23.4 Å². The van der Waals surface area contributed by atoms with Crippen molar-refractivity contribution in [3.8, 4) is 5.75 Å². The Labute approximate surface area is 114 Å². The van der Waals surface area contributed by atoms with Gasteiger partial charge in [0.05, 0.1) is 7.11 Å². The van der Waals surface area contributed by atoms with Crippen molar-refractivity contribution in [2.45, 2.75) is 20.4 Å². The minimum atomic E-state index is -0.289. The summed E-state index contributed by atoms with van der Waals surface area (Å²) in [5.41, 5.74) is 2.07. The quantitative estimate of drug-likeness (QED) is 0.466. The lowest BCUT2D eigenvalue weighted by atomic mass is 10.2. The lowest BCUT2D eigenvalue weighted by Crippen LogP contribution is -2.20. The van der Waals surface area contributed by atoms with Gasteiger partial charge in [-0.25, -0.2) is 4.79 Å². The fourth-order valence-electron chi connectivity index (χ4n) is 1.52. The monoisotopic (exact) mass is 263 g/mol. The molecule has 0 aliphatic carbocycles. The van der Waals surface area contributed by atoms with Crippen molar-refractivity contribution in [3.05, 3.63) is 41.5 Å². The van der Waals surface area contributed by atoms with Gasteiger partial charge in [0, 0.05) is 19.2 Å². The topological polar surface area (TPSA) is 47.6 Å². The van der Waals surface area contributed by atoms with Gasteiger partial charge in [-0.2, -0.15) is 0 Å². The predicted octanol–water partition coefficient (Wildman–Crippen LogP) is 2.29. The number of ether oxygens (including phenoxy) is 2. The lowest BCUT2D eigenvalue weighted by Gasteiger charge is -2.07. The Morgan fingerprint density at radius 1 is 1.37 bits per heavy atom. The first kappa shape index (κ1) is 15.2. The summed E-state index contributed by atoms with van der Waals surface area (Å²) in [7, 11) is 1.65. The van der Waals surface area contributed by atoms with Crippen LogP contribution in [0.4, 0.5) is 0 Å². The molecular weight excluding hydrogens is 242 g/mol. The molecule has 19 heavy (non-hydrogen) atoms. The molecule has 0 fully saturated rings. The Balaban J connectivity index is 2.20. The zero-order valence-electron chi connectivity index (χ0n) is 11.7. The summed E-state index contributed by atoms with van der Waals surface area (Å²) in [6, 6.07) is 7.85. The average Bonchev–Trinajstić information content (AvgIpc) is 2.37. The normalized spacial score (nSPS) is 9.84. The number of benzene rings is 1. The second kappa shape index (κ2) is 8.32. The van der Waals surface area contributed by atoms with Crippen molar-refractivity contribution >= 4 is 5.97 Å². The highest BCUT2D eigenvalue weighted by atomic mass is 16.5. The molecule has 0 amide bonds. The van der Waals surface area contributed by atoms with E-state index in [-0.39, 0.29) is 5.97 Å². The van der Waals surface area contributed by atoms with Gasteiger partial charge in [-0.15, -0.1) is 0 Å². The zero-order valence-corrected chi connectivity index (χ0v) is 11.7. The van der Waals surface area contributed by atoms with Gasteiger partial charge in [-0.1, -0.05) is 17.7 Å². The van der Waals surface area contributed by atoms with Gasteiger partial charge < -0.3 is 14.8 Å². The molecule has 0 bridgehead atoms. The van der Waals surface area contributed by atoms with E-state index in [1.807, 2.05) is 38.1 Å². The van der Waals surface area contributed by atoms with E-state index in [4.69, 9.17) is 9.47 Å². The molecule has 0 saturated heterocycles. The summed E-state index contributed by atoms with van der Waals surface area (Å²) in [5, 5.41) is 3.21. The van der Waals surface area contributed by atoms with Crippen LogP contribution in [0.2, 0.25) is 0 Å². The van der Waals surface area contributed by atoms with Crippen LogP contribution in [0.15, 0.2) is 35.9 Å². The van der Waals surface area contributed by atoms with Gasteiger partial charge >= 0.3 is 5.97 Å². The molecule has 0 atom stereocenters. The average molecular weight is 263 g/mol. The Morgan fingerprint density at radius 3 is 2.84 bits per heavy atom. The van der Waals surface area contributed by atoms with Crippen LogP contribution in [0.1, 0.15) is 19.4 Å². The summed E-state index contributed by atoms with van der Waals surface area (Å²) in [6.45, 7) is 5.44. The molecule has 0 unspecified atom stereocenters. The van der Waals surface area contributed by atoms with Gasteiger partial charge in [0.1, 0.15) is 12.4 Å². The van der Waals surface area contributed by atoms with E-state index in [1.54, 1.807) is 7.11 Å². The number of nitrogens with one attached hydrogen (secondary N) is 1. The number of hydrogen-bond donors (Lipinski definition) is 1. The van der Waals surface area contributed by atoms with Crippen LogP contribution >= 0.6 is 0 Å². The molecule has 0 radical (unpaired) electrons. The number of esters is 1. The van der Waals surface area contributed by atoms with Gasteiger partial charge in [-0.05, 0) is 31.5 Å². The fraction of sp³-hybridized carbons (Fsp3) is 0.400. The maximum atomic E-state index is 11.2. The van der Waals surface area contributed by atoms with Crippen LogP contribution in [-0.2, 0) is 16.1 Å². The van der Waals surface area contributed by atoms with Gasteiger partial charge in [0.25, 0.3) is 0 Å². The molecule has 104 valence electrons. The SMILES string of the molecule is COc1cccc(CNCCOC(=O)C=C(C)C)c1. The Morgan fingerprint density at radius 2 is 2.16 bits per heavy atom. The van der Waals surface area contributed by atoms with Crippen molar-refractivity contribution in [1.29, 1.82) is 0 Å². The molecule has 4 heteroatoms. The first-order valence-electron chi connectivity index (χ1n) is 6.27. The maximum absolute atomic E-state index is 11.2. The molecule has 0 aliphatic rings. The summed E-state index contributed by atoms with van der Waals surface area (Å²) < 4.78 is 10.2. The smallest absolute Gasteiger partial charge is 0.330 e. The van der Waals surface area contributed by atoms with Crippen molar-refractivity contribution < 1.29 is 14.3 Å². The van der Waals surface area contributed by atoms with E-state index in [0.29, 0.717) is 13.2 Å². The molecular formula is C15H21NO3. The van der Waals surface area contributed by atoms with Crippen molar-refractivity contribution in [3.63, 3.8) is 0 Å². The largest absolute Gasteiger partial charge is 0.497 e. The number of hydrogen-bond acceptors (Lipinski definition) is 4. The molecule has 1 N–H and O–H groups in total. The number of carbonyl (C=O) groups is 1. The molecule has 4 nitrogen and oxygen atoms in total. The number of rotatable bonds is 7. The van der Waals surface area contributed by atoms with Crippen LogP contribution in [0.5, 0.6) is 5.75 Å². The van der Waals surface area contributed by atoms with E-state index in [9.17, 15) is 4.79 Å². The predicted molar refractivity (Wildman–Crippen MR) is 75.1 cm³/mol. The summed E-state index contributed by atoms with van der Waals surface area (Å²) >= 11 is 0. The van der Waals surface area contributed by atoms with E-state index < -0.39 is 0 Å². The minimum absolute atomic E-state index is 0.289. The molecule has 0 saturated carbocycles. The van der Waals surface area contributed by atoms with Crippen molar-refractivity contribution in [2.75, 3.05) is 20.3 Å². The van der Waals surface area contributed by atoms with E-state index >= 15 is 0 Å². The van der Waals surface area contributed by atoms with Crippen LogP contribution in [0.3, 0.4) is 0 Å². The second-order valence-electron chi connectivity index (χ2n) is 4.42. The number of methoxy groups -OCH3 is 1. The van der Waals surface area contributed by atoms with Gasteiger partial charge in [-0.3, -0.25) is 0 Å². The third-order valence-corrected chi connectivity index (χ3v) is 2.39. The first-order chi connectivity index (χ1) is 9.11. The highest BCUT2D eigenvalue weighted by molar-refractivity contribution is 5.82. The maximum Gasteiger partial charge on any atom is 0.330 e. The van der Waals surface area contributed by atoms with Crippen LogP contribution in [0, 0.1) is 0 Å². The van der Waals surface area contributed by atoms with Crippen molar-refractivity contribution in [1.82, 2.24) is 5.32 Å². The molecule has 1 aromatic rings. The molecule has 0 heterocycles. The molecule has 0 aromatic heterocycles. The Kier molecular flexibility index (Phi) is 6.68. The number of carbonyl (C=O) groups excluding carboxylic acids is 1. The fourth-order valence-corrected chi connectivity index (χ4v) is 1.52. The summed E-state index contributed by atoms with van der Waals surface area (Å²) in [6.07, 6.45) is 1.49. The molecule has 1 aromatic carbocycles. The van der Waals surface area contributed by atoms with Crippen molar-refractivity contribution in [2.24, 2.45) is 0 Å². The number of allylic oxidation sites excluding steroid dienone is 1. The lowest BCUT2D eigenvalue weighted by molar-refractivity contribution is -0.137. The molecule has 0 spiro atoms. The highest BCUT2D eigenvalue weighted by Crippen LogP contribution is 2.11. The summed E-state index contributed by atoms with van der Waals surface area (Å²) in [4.78, 5) is 11.2. The third kappa shape index (κ3) is 6.62. The standard InChI is InChI=1S/C15H21NO3/c1-12(2)9-15(17)19-8-7-16-11-13-5-4-6-14(10-13)18-3/h4-6,9-10,16H,7-8,11H2,1-3H3. The molecule has 1 rings (SSSR count). The van der Waals surface area contributed by atoms with E-state index in [2.05, 4.69) is 5.32 Å². The van der Waals surface area contributed by atoms with Gasteiger partial charge in [0.15, 0.2) is 0 Å².